The van der Waals surface area contributed by atoms with Crippen LogP contribution < -0.4 is 20.7 Å². The molecule has 1 aliphatic rings. The molecule has 0 unspecified atom stereocenters. The first-order valence-electron chi connectivity index (χ1n) is 8.54. The molecule has 0 atom stereocenters. The van der Waals surface area contributed by atoms with Gasteiger partial charge in [0.25, 0.3) is 0 Å². The first kappa shape index (κ1) is 19.6. The predicted octanol–water partition coefficient (Wildman–Crippen LogP) is 1.65. The summed E-state index contributed by atoms with van der Waals surface area (Å²) >= 11 is 0. The van der Waals surface area contributed by atoms with Gasteiger partial charge in [0.15, 0.2) is 0 Å². The highest BCUT2D eigenvalue weighted by molar-refractivity contribution is 7.89. The maximum Gasteiger partial charge on any atom is 0.414 e. The Morgan fingerprint density at radius 2 is 1.93 bits per heavy atom. The van der Waals surface area contributed by atoms with Gasteiger partial charge >= 0.3 is 12.1 Å². The number of nitrogens with two attached hydrogens (primary N) is 1. The second-order valence-corrected chi connectivity index (χ2v) is 7.70. The summed E-state index contributed by atoms with van der Waals surface area (Å²) in [6.45, 7) is 1.17. The maximum absolute atomic E-state index is 12.1. The molecule has 0 aromatic heterocycles. The largest absolute Gasteiger partial charge is 0.447 e. The Hall–Kier alpha value is -3.11. The molecule has 4 N–H and O–H groups in total. The SMILES string of the molecule is NS(=O)(=O)c1ccc(CCNC(=O)Nc2cccc(N3CCOC3=O)c2)cc1. The molecule has 1 fully saturated rings. The Morgan fingerprint density at radius 1 is 1.18 bits per heavy atom. The summed E-state index contributed by atoms with van der Waals surface area (Å²) in [5.74, 6) is 0. The average Bonchev–Trinajstić information content (AvgIpc) is 3.07. The molecule has 3 amide bonds. The van der Waals surface area contributed by atoms with Crippen LogP contribution in [0.15, 0.2) is 53.4 Å². The van der Waals surface area contributed by atoms with E-state index in [0.29, 0.717) is 37.5 Å². The van der Waals surface area contributed by atoms with E-state index in [4.69, 9.17) is 9.88 Å². The zero-order valence-electron chi connectivity index (χ0n) is 14.9. The zero-order chi connectivity index (χ0) is 20.1. The molecule has 0 saturated carbocycles. The number of nitrogens with zero attached hydrogens (tertiary/aromatic N) is 1. The molecule has 2 aromatic rings. The van der Waals surface area contributed by atoms with Crippen molar-refractivity contribution in [1.29, 1.82) is 0 Å². The number of hydrogen-bond acceptors (Lipinski definition) is 5. The van der Waals surface area contributed by atoms with E-state index in [1.165, 1.54) is 17.0 Å². The summed E-state index contributed by atoms with van der Waals surface area (Å²) in [5, 5.41) is 10.5. The summed E-state index contributed by atoms with van der Waals surface area (Å²) < 4.78 is 27.4. The van der Waals surface area contributed by atoms with Crippen molar-refractivity contribution in [1.82, 2.24) is 5.32 Å². The molecule has 28 heavy (non-hydrogen) atoms. The second kappa shape index (κ2) is 8.28. The number of sulfonamides is 1. The highest BCUT2D eigenvalue weighted by Gasteiger charge is 2.23. The smallest absolute Gasteiger partial charge is 0.414 e. The lowest BCUT2D eigenvalue weighted by molar-refractivity contribution is 0.181. The van der Waals surface area contributed by atoms with Crippen LogP contribution >= 0.6 is 0 Å². The Balaban J connectivity index is 1.50. The van der Waals surface area contributed by atoms with Gasteiger partial charge in [-0.3, -0.25) is 4.90 Å². The highest BCUT2D eigenvalue weighted by Crippen LogP contribution is 2.22. The topological polar surface area (TPSA) is 131 Å². The fourth-order valence-electron chi connectivity index (χ4n) is 2.72. The van der Waals surface area contributed by atoms with Gasteiger partial charge in [0.05, 0.1) is 11.4 Å². The Bertz CT molecular complexity index is 976. The number of primary sulfonamides is 1. The minimum Gasteiger partial charge on any atom is -0.447 e. The van der Waals surface area contributed by atoms with Gasteiger partial charge in [-0.2, -0.15) is 0 Å². The van der Waals surface area contributed by atoms with Gasteiger partial charge in [-0.25, -0.2) is 23.1 Å². The van der Waals surface area contributed by atoms with Crippen molar-refractivity contribution in [3.05, 3.63) is 54.1 Å². The Morgan fingerprint density at radius 3 is 2.57 bits per heavy atom. The lowest BCUT2D eigenvalue weighted by atomic mass is 10.1. The van der Waals surface area contributed by atoms with Crippen LogP contribution in [0.25, 0.3) is 0 Å². The van der Waals surface area contributed by atoms with Crippen molar-refractivity contribution >= 4 is 33.5 Å². The molecule has 0 spiro atoms. The number of amides is 3. The number of urea groups is 1. The van der Waals surface area contributed by atoms with Crippen molar-refractivity contribution < 1.29 is 22.7 Å². The molecular formula is C18H20N4O5S. The van der Waals surface area contributed by atoms with Crippen LogP contribution in [-0.2, 0) is 21.2 Å². The lowest BCUT2D eigenvalue weighted by Gasteiger charge is -2.14. The number of rotatable bonds is 6. The summed E-state index contributed by atoms with van der Waals surface area (Å²) in [4.78, 5) is 25.2. The molecule has 148 valence electrons. The Labute approximate surface area is 162 Å². The van der Waals surface area contributed by atoms with Gasteiger partial charge < -0.3 is 15.4 Å². The van der Waals surface area contributed by atoms with Crippen LogP contribution in [0.3, 0.4) is 0 Å². The molecule has 0 radical (unpaired) electrons. The lowest BCUT2D eigenvalue weighted by Crippen LogP contribution is -2.30. The van der Waals surface area contributed by atoms with Gasteiger partial charge in [-0.15, -0.1) is 0 Å². The van der Waals surface area contributed by atoms with E-state index in [9.17, 15) is 18.0 Å². The molecule has 0 aliphatic carbocycles. The van der Waals surface area contributed by atoms with Gasteiger partial charge in [-0.05, 0) is 42.3 Å². The molecule has 1 heterocycles. The van der Waals surface area contributed by atoms with Gasteiger partial charge in [0, 0.05) is 17.9 Å². The zero-order valence-corrected chi connectivity index (χ0v) is 15.7. The van der Waals surface area contributed by atoms with Gasteiger partial charge in [0.1, 0.15) is 6.61 Å². The number of anilines is 2. The quantitative estimate of drug-likeness (QED) is 0.674. The summed E-state index contributed by atoms with van der Waals surface area (Å²) in [5.41, 5.74) is 2.06. The number of cyclic esters (lactones) is 1. The van der Waals surface area contributed by atoms with Gasteiger partial charge in [0.2, 0.25) is 10.0 Å². The van der Waals surface area contributed by atoms with E-state index < -0.39 is 16.1 Å². The van der Waals surface area contributed by atoms with Crippen LogP contribution in [0.4, 0.5) is 21.0 Å². The van der Waals surface area contributed by atoms with E-state index in [2.05, 4.69) is 10.6 Å². The Kier molecular flexibility index (Phi) is 5.81. The molecule has 2 aromatic carbocycles. The number of carbonyl (C=O) groups excluding carboxylic acids is 2. The summed E-state index contributed by atoms with van der Waals surface area (Å²) in [6.07, 6.45) is 0.118. The van der Waals surface area contributed by atoms with E-state index >= 15 is 0 Å². The van der Waals surface area contributed by atoms with Crippen molar-refractivity contribution in [3.63, 3.8) is 0 Å². The number of ether oxygens (including phenoxy) is 1. The third-order valence-corrected chi connectivity index (χ3v) is 5.06. The number of benzene rings is 2. The summed E-state index contributed by atoms with van der Waals surface area (Å²) in [7, 11) is -3.71. The second-order valence-electron chi connectivity index (χ2n) is 6.14. The van der Waals surface area contributed by atoms with Crippen LogP contribution in [0.2, 0.25) is 0 Å². The summed E-state index contributed by atoms with van der Waals surface area (Å²) in [6, 6.07) is 12.7. The molecule has 1 saturated heterocycles. The standard InChI is InChI=1S/C18H20N4O5S/c19-28(25,26)16-6-4-13(5-7-16)8-9-20-17(23)21-14-2-1-3-15(12-14)22-10-11-27-18(22)24/h1-7,12H,8-11H2,(H2,19,25,26)(H2,20,21,23). The number of carbonyl (C=O) groups is 2. The number of nitrogens with one attached hydrogen (secondary N) is 2. The first-order chi connectivity index (χ1) is 13.3. The molecule has 9 nitrogen and oxygen atoms in total. The first-order valence-corrected chi connectivity index (χ1v) is 10.1. The predicted molar refractivity (Wildman–Crippen MR) is 104 cm³/mol. The fourth-order valence-corrected chi connectivity index (χ4v) is 3.24. The van der Waals surface area contributed by atoms with E-state index in [0.717, 1.165) is 5.56 Å². The third kappa shape index (κ3) is 4.99. The number of hydrogen-bond donors (Lipinski definition) is 3. The minimum atomic E-state index is -3.71. The molecule has 1 aliphatic heterocycles. The average molecular weight is 404 g/mol. The van der Waals surface area contributed by atoms with Crippen LogP contribution in [0, 0.1) is 0 Å². The maximum atomic E-state index is 12.1. The monoisotopic (exact) mass is 404 g/mol. The van der Waals surface area contributed by atoms with E-state index in [1.807, 2.05) is 0 Å². The van der Waals surface area contributed by atoms with Crippen LogP contribution in [0.5, 0.6) is 0 Å². The van der Waals surface area contributed by atoms with Crippen molar-refractivity contribution in [2.75, 3.05) is 29.9 Å². The van der Waals surface area contributed by atoms with Gasteiger partial charge in [-0.1, -0.05) is 18.2 Å². The minimum absolute atomic E-state index is 0.0451. The van der Waals surface area contributed by atoms with Crippen molar-refractivity contribution in [2.24, 2.45) is 5.14 Å². The molecule has 0 bridgehead atoms. The highest BCUT2D eigenvalue weighted by atomic mass is 32.2. The molecular weight excluding hydrogens is 384 g/mol. The third-order valence-electron chi connectivity index (χ3n) is 4.13. The van der Waals surface area contributed by atoms with E-state index in [1.54, 1.807) is 36.4 Å². The molecule has 10 heteroatoms. The van der Waals surface area contributed by atoms with E-state index in [-0.39, 0.29) is 10.9 Å². The van der Waals surface area contributed by atoms with Crippen LogP contribution in [-0.4, -0.2) is 40.2 Å². The fraction of sp³-hybridized carbons (Fsp3) is 0.222. The van der Waals surface area contributed by atoms with Crippen LogP contribution in [0.1, 0.15) is 5.56 Å². The van der Waals surface area contributed by atoms with Crippen molar-refractivity contribution in [3.8, 4) is 0 Å². The van der Waals surface area contributed by atoms with Crippen molar-refractivity contribution in [2.45, 2.75) is 11.3 Å². The normalized spacial score (nSPS) is 13.9. The molecule has 3 rings (SSSR count).